The molecule has 36 heavy (non-hydrogen) atoms. The van der Waals surface area contributed by atoms with Gasteiger partial charge in [-0.05, 0) is 40.2 Å². The molecule has 0 aromatic carbocycles. The number of hydrogen-bond donors (Lipinski definition) is 2. The number of anilines is 1. The van der Waals surface area contributed by atoms with E-state index < -0.39 is 52.8 Å². The van der Waals surface area contributed by atoms with Crippen LogP contribution in [0.15, 0.2) is 21.3 Å². The first-order chi connectivity index (χ1) is 16.7. The number of nitrogens with zero attached hydrogens (tertiary/aromatic N) is 2. The summed E-state index contributed by atoms with van der Waals surface area (Å²) < 4.78 is 50.3. The van der Waals surface area contributed by atoms with Crippen LogP contribution in [0.5, 0.6) is 0 Å². The number of esters is 1. The topological polar surface area (TPSA) is 145 Å². The highest BCUT2D eigenvalue weighted by atomic mass is 32.1. The van der Waals surface area contributed by atoms with Crippen molar-refractivity contribution in [2.75, 3.05) is 18.5 Å². The molecule has 1 aliphatic heterocycles. The molecular weight excluding hydrogens is 505 g/mol. The predicted molar refractivity (Wildman–Crippen MR) is 123 cm³/mol. The molecule has 2 aromatic heterocycles. The molecule has 0 unspecified atom stereocenters. The van der Waals surface area contributed by atoms with E-state index >= 15 is 0 Å². The molecule has 1 aliphatic rings. The van der Waals surface area contributed by atoms with Crippen molar-refractivity contribution in [1.29, 1.82) is 0 Å². The van der Waals surface area contributed by atoms with Crippen molar-refractivity contribution < 1.29 is 36.7 Å². The highest BCUT2D eigenvalue weighted by Crippen LogP contribution is 2.42. The molecule has 2 atom stereocenters. The number of ether oxygens (including phenoxy) is 1. The predicted octanol–water partition coefficient (Wildman–Crippen LogP) is 3.18. The maximum atomic E-state index is 13.5. The Morgan fingerprint density at radius 3 is 2.56 bits per heavy atom. The number of likely N-dealkylation sites (tertiary alicyclic amines) is 1. The fourth-order valence-corrected chi connectivity index (χ4v) is 4.75. The number of aryl methyl sites for hydroxylation is 1. The summed E-state index contributed by atoms with van der Waals surface area (Å²) in [7, 11) is 0. The van der Waals surface area contributed by atoms with E-state index in [1.807, 2.05) is 0 Å². The number of nitrogens with one attached hydrogen (secondary N) is 1. The number of carbonyl (C=O) groups is 3. The summed E-state index contributed by atoms with van der Waals surface area (Å²) in [6.07, 6.45) is -4.49. The molecule has 3 rings (SSSR count). The summed E-state index contributed by atoms with van der Waals surface area (Å²) >= 11 is 0.921. The second kappa shape index (κ2) is 9.91. The number of aromatic nitrogens is 1. The van der Waals surface area contributed by atoms with E-state index in [0.717, 1.165) is 42.2 Å². The molecule has 1 fully saturated rings. The minimum absolute atomic E-state index is 0.0652. The molecule has 0 aliphatic carbocycles. The van der Waals surface area contributed by atoms with Crippen LogP contribution < -0.4 is 16.7 Å². The third-order valence-electron chi connectivity index (χ3n) is 5.91. The van der Waals surface area contributed by atoms with Crippen LogP contribution in [0.3, 0.4) is 0 Å². The normalized spacial score (nSPS) is 18.2. The average molecular weight is 531 g/mol. The van der Waals surface area contributed by atoms with Crippen molar-refractivity contribution in [1.82, 2.24) is 9.88 Å². The summed E-state index contributed by atoms with van der Waals surface area (Å²) in [5.74, 6) is -2.97. The van der Waals surface area contributed by atoms with Gasteiger partial charge in [0.15, 0.2) is 5.13 Å². The van der Waals surface area contributed by atoms with Crippen LogP contribution >= 0.6 is 11.3 Å². The fraction of sp³-hybridized carbons (Fsp3) is 0.500. The summed E-state index contributed by atoms with van der Waals surface area (Å²) in [4.78, 5) is 54.8. The SMILES string of the molecule is CCOC(=O)[C@@H]1CCN(C(=O)Nc2nc(C)c(-c3cc(C(C)(C)C(F)(F)F)oc(=O)c3)s2)[C@@H]1C(N)=O. The van der Waals surface area contributed by atoms with Crippen LogP contribution in [0.1, 0.15) is 38.6 Å². The zero-order valence-corrected chi connectivity index (χ0v) is 20.7. The third-order valence-corrected chi connectivity index (χ3v) is 7.03. The fourth-order valence-electron chi connectivity index (χ4n) is 3.81. The number of halogens is 3. The molecule has 0 bridgehead atoms. The van der Waals surface area contributed by atoms with Gasteiger partial charge >= 0.3 is 23.8 Å². The first kappa shape index (κ1) is 27.2. The standard InChI is InChI=1S/C22H25F3N4O6S/c1-5-34-18(32)12-6-7-29(15(12)17(26)31)20(33)28-19-27-10(2)16(36-19)11-8-13(35-14(30)9-11)21(3,4)22(23,24)25/h8-9,12,15H,5-7H2,1-4H3,(H2,26,31)(H,27,28,33)/t12-,15+/m1/s1. The Morgan fingerprint density at radius 1 is 1.31 bits per heavy atom. The lowest BCUT2D eigenvalue weighted by molar-refractivity contribution is -0.185. The minimum atomic E-state index is -4.67. The molecule has 0 saturated carbocycles. The van der Waals surface area contributed by atoms with Gasteiger partial charge in [0.1, 0.15) is 17.2 Å². The molecule has 0 spiro atoms. The highest BCUT2D eigenvalue weighted by Gasteiger charge is 2.51. The first-order valence-corrected chi connectivity index (χ1v) is 11.7. The van der Waals surface area contributed by atoms with Crippen molar-refractivity contribution in [3.8, 4) is 10.4 Å². The molecule has 3 amide bonds. The van der Waals surface area contributed by atoms with E-state index in [-0.39, 0.29) is 30.3 Å². The van der Waals surface area contributed by atoms with Crippen LogP contribution in [-0.2, 0) is 19.7 Å². The van der Waals surface area contributed by atoms with Crippen LogP contribution in [0.2, 0.25) is 0 Å². The molecule has 10 nitrogen and oxygen atoms in total. The van der Waals surface area contributed by atoms with Gasteiger partial charge < -0.3 is 19.8 Å². The van der Waals surface area contributed by atoms with Crippen LogP contribution in [-0.4, -0.2) is 53.2 Å². The van der Waals surface area contributed by atoms with Gasteiger partial charge in [0.2, 0.25) is 5.91 Å². The molecular formula is C22H25F3N4O6S. The van der Waals surface area contributed by atoms with E-state index in [1.165, 1.54) is 0 Å². The van der Waals surface area contributed by atoms with Crippen molar-refractivity contribution in [2.24, 2.45) is 11.7 Å². The van der Waals surface area contributed by atoms with E-state index in [9.17, 15) is 32.3 Å². The number of amides is 3. The Kier molecular flexibility index (Phi) is 7.48. The lowest BCUT2D eigenvalue weighted by Crippen LogP contribution is -2.49. The Morgan fingerprint density at radius 2 is 1.97 bits per heavy atom. The third kappa shape index (κ3) is 5.22. The molecule has 0 radical (unpaired) electrons. The zero-order valence-electron chi connectivity index (χ0n) is 19.9. The second-order valence-corrected chi connectivity index (χ2v) is 9.70. The number of carbonyl (C=O) groups excluding carboxylic acids is 3. The summed E-state index contributed by atoms with van der Waals surface area (Å²) in [5, 5.41) is 2.60. The van der Waals surface area contributed by atoms with Gasteiger partial charge in [0, 0.05) is 18.2 Å². The quantitative estimate of drug-likeness (QED) is 0.546. The maximum absolute atomic E-state index is 13.5. The van der Waals surface area contributed by atoms with Gasteiger partial charge in [-0.15, -0.1) is 0 Å². The van der Waals surface area contributed by atoms with Crippen LogP contribution in [0.25, 0.3) is 10.4 Å². The van der Waals surface area contributed by atoms with Crippen molar-refractivity contribution in [3.05, 3.63) is 34.0 Å². The minimum Gasteiger partial charge on any atom is -0.466 e. The summed E-state index contributed by atoms with van der Waals surface area (Å²) in [6, 6.07) is 0.206. The van der Waals surface area contributed by atoms with E-state index in [0.29, 0.717) is 10.6 Å². The highest BCUT2D eigenvalue weighted by molar-refractivity contribution is 7.19. The second-order valence-electron chi connectivity index (χ2n) is 8.70. The van der Waals surface area contributed by atoms with Gasteiger partial charge in [-0.1, -0.05) is 11.3 Å². The number of alkyl halides is 3. The van der Waals surface area contributed by atoms with Crippen molar-refractivity contribution in [3.63, 3.8) is 0 Å². The zero-order chi connectivity index (χ0) is 27.0. The van der Waals surface area contributed by atoms with Gasteiger partial charge in [0.25, 0.3) is 0 Å². The van der Waals surface area contributed by atoms with Crippen LogP contribution in [0, 0.1) is 12.8 Å². The molecule has 3 heterocycles. The number of urea groups is 1. The van der Waals surface area contributed by atoms with Crippen molar-refractivity contribution in [2.45, 2.75) is 51.7 Å². The molecule has 2 aromatic rings. The van der Waals surface area contributed by atoms with Gasteiger partial charge in [-0.3, -0.25) is 14.9 Å². The summed E-state index contributed by atoms with van der Waals surface area (Å²) in [5.41, 5.74) is 2.54. The van der Waals surface area contributed by atoms with E-state index in [4.69, 9.17) is 14.9 Å². The lowest BCUT2D eigenvalue weighted by atomic mass is 9.88. The Bertz CT molecular complexity index is 1240. The Balaban J connectivity index is 1.87. The number of thiazole rings is 1. The molecule has 196 valence electrons. The number of nitrogens with two attached hydrogens (primary N) is 1. The Hall–Kier alpha value is -3.42. The first-order valence-electron chi connectivity index (χ1n) is 10.9. The summed E-state index contributed by atoms with van der Waals surface area (Å²) in [6.45, 7) is 5.14. The average Bonchev–Trinajstić information content (AvgIpc) is 3.36. The van der Waals surface area contributed by atoms with E-state index in [1.54, 1.807) is 13.8 Å². The molecule has 3 N–H and O–H groups in total. The number of hydrogen-bond acceptors (Lipinski definition) is 8. The lowest BCUT2D eigenvalue weighted by Gasteiger charge is -2.26. The number of rotatable bonds is 6. The van der Waals surface area contributed by atoms with Gasteiger partial charge in [-0.2, -0.15) is 13.2 Å². The smallest absolute Gasteiger partial charge is 0.400 e. The monoisotopic (exact) mass is 530 g/mol. The molecule has 14 heteroatoms. The van der Waals surface area contributed by atoms with Gasteiger partial charge in [-0.25, -0.2) is 14.6 Å². The van der Waals surface area contributed by atoms with Gasteiger partial charge in [0.05, 0.1) is 23.1 Å². The van der Waals surface area contributed by atoms with E-state index in [2.05, 4.69) is 10.3 Å². The Labute approximate surface area is 207 Å². The maximum Gasteiger partial charge on any atom is 0.400 e. The largest absolute Gasteiger partial charge is 0.466 e. The molecule has 1 saturated heterocycles. The van der Waals surface area contributed by atoms with Crippen molar-refractivity contribution >= 4 is 34.4 Å². The number of primary amides is 1. The van der Waals surface area contributed by atoms with Crippen LogP contribution in [0.4, 0.5) is 23.1 Å².